The van der Waals surface area contributed by atoms with Crippen molar-refractivity contribution in [2.24, 2.45) is 0 Å². The van der Waals surface area contributed by atoms with Crippen molar-refractivity contribution < 1.29 is 4.74 Å². The topological polar surface area (TPSA) is 86.0 Å². The Balaban J connectivity index is 1.49. The Kier molecular flexibility index (Phi) is 5.33. The van der Waals surface area contributed by atoms with Crippen LogP contribution in [0.5, 0.6) is 11.5 Å². The molecular formula is C23H21N5O. The van der Waals surface area contributed by atoms with Gasteiger partial charge in [-0.1, -0.05) is 37.3 Å². The van der Waals surface area contributed by atoms with Crippen LogP contribution in [0.1, 0.15) is 12.6 Å². The first kappa shape index (κ1) is 18.4. The highest BCUT2D eigenvalue weighted by molar-refractivity contribution is 5.67. The van der Waals surface area contributed by atoms with Gasteiger partial charge in [-0.2, -0.15) is 4.98 Å². The molecule has 0 saturated carbocycles. The number of aromatic nitrogens is 3. The maximum absolute atomic E-state index is 5.91. The van der Waals surface area contributed by atoms with Crippen LogP contribution in [0.3, 0.4) is 0 Å². The summed E-state index contributed by atoms with van der Waals surface area (Å²) in [7, 11) is 0. The summed E-state index contributed by atoms with van der Waals surface area (Å²) < 4.78 is 5.91. The molecule has 4 aromatic rings. The highest BCUT2D eigenvalue weighted by Crippen LogP contribution is 2.26. The van der Waals surface area contributed by atoms with Crippen LogP contribution < -0.4 is 15.8 Å². The van der Waals surface area contributed by atoms with Gasteiger partial charge in [0.2, 0.25) is 5.95 Å². The number of hydrogen-bond donors (Lipinski definition) is 2. The lowest BCUT2D eigenvalue weighted by Gasteiger charge is -2.10. The molecule has 0 amide bonds. The molecule has 2 aromatic carbocycles. The summed E-state index contributed by atoms with van der Waals surface area (Å²) in [5, 5.41) is 3.27. The van der Waals surface area contributed by atoms with Crippen molar-refractivity contribution >= 4 is 17.5 Å². The average Bonchev–Trinajstić information content (AvgIpc) is 2.75. The van der Waals surface area contributed by atoms with E-state index in [0.717, 1.165) is 40.6 Å². The number of pyridine rings is 1. The van der Waals surface area contributed by atoms with Crippen molar-refractivity contribution in [2.45, 2.75) is 13.3 Å². The minimum atomic E-state index is 0.221. The van der Waals surface area contributed by atoms with Crippen LogP contribution >= 0.6 is 0 Å². The molecule has 0 saturated heterocycles. The first-order valence-electron chi connectivity index (χ1n) is 9.39. The first-order chi connectivity index (χ1) is 14.2. The molecule has 0 aliphatic heterocycles. The number of nitrogen functional groups attached to an aromatic ring is 1. The average molecular weight is 383 g/mol. The van der Waals surface area contributed by atoms with E-state index >= 15 is 0 Å². The second-order valence-electron chi connectivity index (χ2n) is 6.45. The van der Waals surface area contributed by atoms with Gasteiger partial charge in [-0.15, -0.1) is 0 Å². The first-order valence-corrected chi connectivity index (χ1v) is 9.39. The molecule has 0 aliphatic rings. The van der Waals surface area contributed by atoms with Crippen LogP contribution in [0.2, 0.25) is 0 Å². The number of anilines is 3. The van der Waals surface area contributed by atoms with E-state index in [4.69, 9.17) is 10.5 Å². The van der Waals surface area contributed by atoms with Crippen molar-refractivity contribution in [2.75, 3.05) is 11.1 Å². The number of benzene rings is 2. The SMILES string of the molecule is CCc1cc(Oc2ccc(Nc3cc(-c4ccccc4)nc(N)n3)cc2)ccn1. The predicted molar refractivity (Wildman–Crippen MR) is 115 cm³/mol. The lowest BCUT2D eigenvalue weighted by molar-refractivity contribution is 0.481. The number of nitrogens with one attached hydrogen (secondary N) is 1. The van der Waals surface area contributed by atoms with Gasteiger partial charge in [-0.3, -0.25) is 4.98 Å². The number of nitrogens with zero attached hydrogens (tertiary/aromatic N) is 3. The van der Waals surface area contributed by atoms with Crippen LogP contribution in [-0.4, -0.2) is 15.0 Å². The van der Waals surface area contributed by atoms with E-state index in [-0.39, 0.29) is 5.95 Å². The number of hydrogen-bond acceptors (Lipinski definition) is 6. The minimum absolute atomic E-state index is 0.221. The van der Waals surface area contributed by atoms with Gasteiger partial charge in [-0.25, -0.2) is 4.98 Å². The van der Waals surface area contributed by atoms with E-state index in [2.05, 4.69) is 27.2 Å². The van der Waals surface area contributed by atoms with E-state index in [1.54, 1.807) is 6.20 Å². The van der Waals surface area contributed by atoms with Crippen molar-refractivity contribution in [1.29, 1.82) is 0 Å². The zero-order chi connectivity index (χ0) is 20.1. The summed E-state index contributed by atoms with van der Waals surface area (Å²) in [5.41, 5.74) is 9.52. The van der Waals surface area contributed by atoms with Crippen molar-refractivity contribution in [3.05, 3.63) is 84.7 Å². The molecule has 2 heterocycles. The Morgan fingerprint density at radius 1 is 0.897 bits per heavy atom. The molecule has 6 heteroatoms. The normalized spacial score (nSPS) is 10.5. The predicted octanol–water partition coefficient (Wildman–Crippen LogP) is 5.22. The van der Waals surface area contributed by atoms with Crippen LogP contribution in [0.15, 0.2) is 79.0 Å². The standard InChI is InChI=1S/C23H21N5O/c1-2-17-14-20(12-13-25-17)29-19-10-8-18(9-11-19)26-22-15-21(27-23(24)28-22)16-6-4-3-5-7-16/h3-15H,2H2,1H3,(H3,24,26,27,28). The van der Waals surface area contributed by atoms with Crippen LogP contribution in [0.4, 0.5) is 17.5 Å². The van der Waals surface area contributed by atoms with Crippen molar-refractivity contribution in [1.82, 2.24) is 15.0 Å². The van der Waals surface area contributed by atoms with Gasteiger partial charge < -0.3 is 15.8 Å². The van der Waals surface area contributed by atoms with Crippen LogP contribution in [0.25, 0.3) is 11.3 Å². The number of aryl methyl sites for hydroxylation is 1. The monoisotopic (exact) mass is 383 g/mol. The molecular weight excluding hydrogens is 362 g/mol. The fraction of sp³-hybridized carbons (Fsp3) is 0.0870. The summed E-state index contributed by atoms with van der Waals surface area (Å²) in [6, 6.07) is 23.2. The Morgan fingerprint density at radius 2 is 1.69 bits per heavy atom. The zero-order valence-electron chi connectivity index (χ0n) is 16.0. The molecule has 6 nitrogen and oxygen atoms in total. The quantitative estimate of drug-likeness (QED) is 0.475. The maximum Gasteiger partial charge on any atom is 0.222 e. The third kappa shape index (κ3) is 4.68. The molecule has 0 radical (unpaired) electrons. The van der Waals surface area contributed by atoms with Crippen molar-refractivity contribution in [3.8, 4) is 22.8 Å². The highest BCUT2D eigenvalue weighted by atomic mass is 16.5. The van der Waals surface area contributed by atoms with Crippen LogP contribution in [0, 0.1) is 0 Å². The second-order valence-corrected chi connectivity index (χ2v) is 6.45. The van der Waals surface area contributed by atoms with Gasteiger partial charge in [0.15, 0.2) is 0 Å². The third-order valence-electron chi connectivity index (χ3n) is 4.33. The molecule has 2 aromatic heterocycles. The largest absolute Gasteiger partial charge is 0.457 e. The maximum atomic E-state index is 5.91. The fourth-order valence-electron chi connectivity index (χ4n) is 2.89. The van der Waals surface area contributed by atoms with Gasteiger partial charge in [0.1, 0.15) is 17.3 Å². The fourth-order valence-corrected chi connectivity index (χ4v) is 2.89. The third-order valence-corrected chi connectivity index (χ3v) is 4.33. The molecule has 29 heavy (non-hydrogen) atoms. The molecule has 0 unspecified atom stereocenters. The lowest BCUT2D eigenvalue weighted by Crippen LogP contribution is -2.01. The summed E-state index contributed by atoms with van der Waals surface area (Å²) >= 11 is 0. The van der Waals surface area contributed by atoms with E-state index in [1.165, 1.54) is 0 Å². The van der Waals surface area contributed by atoms with Gasteiger partial charge in [0.05, 0.1) is 5.69 Å². The van der Waals surface area contributed by atoms with Crippen molar-refractivity contribution in [3.63, 3.8) is 0 Å². The zero-order valence-corrected chi connectivity index (χ0v) is 16.0. The number of ether oxygens (including phenoxy) is 1. The van der Waals surface area contributed by atoms with Crippen LogP contribution in [-0.2, 0) is 6.42 Å². The summed E-state index contributed by atoms with van der Waals surface area (Å²) in [6.07, 6.45) is 2.63. The smallest absolute Gasteiger partial charge is 0.222 e. The molecule has 144 valence electrons. The molecule has 0 spiro atoms. The highest BCUT2D eigenvalue weighted by Gasteiger charge is 2.06. The second kappa shape index (κ2) is 8.39. The van der Waals surface area contributed by atoms with E-state index in [0.29, 0.717) is 5.82 Å². The van der Waals surface area contributed by atoms with E-state index in [9.17, 15) is 0 Å². The Morgan fingerprint density at radius 3 is 2.45 bits per heavy atom. The molecule has 4 rings (SSSR count). The molecule has 0 bridgehead atoms. The van der Waals surface area contributed by atoms with Gasteiger partial charge in [-0.05, 0) is 36.8 Å². The molecule has 0 atom stereocenters. The van der Waals surface area contributed by atoms with E-state index < -0.39 is 0 Å². The van der Waals surface area contributed by atoms with Gasteiger partial charge in [0.25, 0.3) is 0 Å². The molecule has 0 aliphatic carbocycles. The number of rotatable bonds is 6. The molecule has 0 fully saturated rings. The van der Waals surface area contributed by atoms with Gasteiger partial charge in [0, 0.05) is 35.3 Å². The summed E-state index contributed by atoms with van der Waals surface area (Å²) in [5.74, 6) is 2.37. The minimum Gasteiger partial charge on any atom is -0.457 e. The summed E-state index contributed by atoms with van der Waals surface area (Å²) in [4.78, 5) is 12.9. The lowest BCUT2D eigenvalue weighted by atomic mass is 10.1. The Hall–Kier alpha value is -3.93. The van der Waals surface area contributed by atoms with E-state index in [1.807, 2.05) is 72.8 Å². The Bertz CT molecular complexity index is 1100. The number of nitrogens with two attached hydrogens (primary N) is 1. The molecule has 3 N–H and O–H groups in total. The Labute approximate surface area is 169 Å². The summed E-state index contributed by atoms with van der Waals surface area (Å²) in [6.45, 7) is 2.07. The van der Waals surface area contributed by atoms with Gasteiger partial charge >= 0.3 is 0 Å².